The van der Waals surface area contributed by atoms with Crippen LogP contribution in [0.4, 0.5) is 0 Å². The molecule has 0 aliphatic heterocycles. The molecule has 0 amide bonds. The van der Waals surface area contributed by atoms with Crippen LogP contribution in [0.2, 0.25) is 0 Å². The summed E-state index contributed by atoms with van der Waals surface area (Å²) >= 11 is 3.66. The number of rotatable bonds is 12. The maximum absolute atomic E-state index is 4.19. The topological polar surface area (TPSA) is 3.24 Å². The lowest BCUT2D eigenvalue weighted by Gasteiger charge is -2.35. The molecule has 2 aromatic carbocycles. The summed E-state index contributed by atoms with van der Waals surface area (Å²) < 4.78 is 1.39. The van der Waals surface area contributed by atoms with E-state index in [9.17, 15) is 0 Å². The van der Waals surface area contributed by atoms with E-state index in [1.54, 1.807) is 0 Å². The molecule has 0 heterocycles. The van der Waals surface area contributed by atoms with Gasteiger partial charge in [-0.25, -0.2) is 0 Å². The van der Waals surface area contributed by atoms with Crippen molar-refractivity contribution in [1.82, 2.24) is 4.90 Å². The van der Waals surface area contributed by atoms with Crippen molar-refractivity contribution in [2.24, 2.45) is 5.92 Å². The zero-order chi connectivity index (χ0) is 20.2. The van der Waals surface area contributed by atoms with Crippen LogP contribution in [0.3, 0.4) is 0 Å². The first-order valence-corrected chi connectivity index (χ1v) is 12.4. The summed E-state index contributed by atoms with van der Waals surface area (Å²) in [5.41, 5.74) is 2.73. The Hall–Kier alpha value is -1.42. The fourth-order valence-electron chi connectivity index (χ4n) is 3.65. The Labute approximate surface area is 180 Å². The summed E-state index contributed by atoms with van der Waals surface area (Å²) in [6, 6.07) is 22.1. The molecular weight excluding hydrogens is 378 g/mol. The highest BCUT2D eigenvalue weighted by Gasteiger charge is 2.24. The second kappa shape index (κ2) is 12.9. The van der Waals surface area contributed by atoms with E-state index in [-0.39, 0.29) is 0 Å². The highest BCUT2D eigenvalue weighted by atomic mass is 32.2. The van der Waals surface area contributed by atoms with Gasteiger partial charge in [-0.15, -0.1) is 30.1 Å². The van der Waals surface area contributed by atoms with Crippen molar-refractivity contribution in [2.45, 2.75) is 38.9 Å². The molecule has 0 N–H and O–H groups in total. The molecule has 2 aromatic rings. The van der Waals surface area contributed by atoms with Gasteiger partial charge in [0.25, 0.3) is 0 Å². The summed E-state index contributed by atoms with van der Waals surface area (Å²) in [4.78, 5) is 2.63. The van der Waals surface area contributed by atoms with Crippen LogP contribution in [0, 0.1) is 5.92 Å². The van der Waals surface area contributed by atoms with Gasteiger partial charge in [0.15, 0.2) is 0 Å². The molecule has 0 saturated carbocycles. The lowest BCUT2D eigenvalue weighted by molar-refractivity contribution is 0.138. The van der Waals surface area contributed by atoms with Crippen LogP contribution >= 0.6 is 23.5 Å². The van der Waals surface area contributed by atoms with E-state index in [0.29, 0.717) is 12.0 Å². The van der Waals surface area contributed by atoms with E-state index in [4.69, 9.17) is 0 Å². The smallest absolute Gasteiger partial charge is 0.0355 e. The van der Waals surface area contributed by atoms with Crippen LogP contribution in [0.1, 0.15) is 30.9 Å². The van der Waals surface area contributed by atoms with Crippen LogP contribution in [0.5, 0.6) is 0 Å². The maximum atomic E-state index is 4.19. The fraction of sp³-hybridized carbons (Fsp3) is 0.360. The van der Waals surface area contributed by atoms with E-state index in [0.717, 1.165) is 25.9 Å². The third-order valence-electron chi connectivity index (χ3n) is 5.10. The Morgan fingerprint density at radius 3 is 1.82 bits per heavy atom. The second-order valence-electron chi connectivity index (χ2n) is 6.92. The number of thioether (sulfide) groups is 2. The van der Waals surface area contributed by atoms with Crippen molar-refractivity contribution < 1.29 is 0 Å². The van der Waals surface area contributed by atoms with Crippen molar-refractivity contribution in [1.29, 1.82) is 0 Å². The van der Waals surface area contributed by atoms with Gasteiger partial charge in [-0.1, -0.05) is 79.7 Å². The molecule has 3 heteroatoms. The van der Waals surface area contributed by atoms with Gasteiger partial charge in [0.2, 0.25) is 0 Å². The Morgan fingerprint density at radius 2 is 1.43 bits per heavy atom. The molecule has 150 valence electrons. The third kappa shape index (κ3) is 7.20. The van der Waals surface area contributed by atoms with Gasteiger partial charge in [0.1, 0.15) is 0 Å². The predicted octanol–water partition coefficient (Wildman–Crippen LogP) is 7.23. The summed E-state index contributed by atoms with van der Waals surface area (Å²) in [7, 11) is 0. The molecule has 0 radical (unpaired) electrons. The lowest BCUT2D eigenvalue weighted by atomic mass is 9.92. The van der Waals surface area contributed by atoms with Crippen LogP contribution in [-0.4, -0.2) is 23.5 Å². The third-order valence-corrected chi connectivity index (χ3v) is 7.24. The molecule has 0 unspecified atom stereocenters. The summed E-state index contributed by atoms with van der Waals surface area (Å²) in [6.07, 6.45) is 11.0. The molecule has 0 saturated heterocycles. The Kier molecular flexibility index (Phi) is 10.6. The molecule has 2 rings (SSSR count). The molecule has 1 nitrogen and oxygen atoms in total. The van der Waals surface area contributed by atoms with Crippen molar-refractivity contribution in [3.05, 3.63) is 94.8 Å². The largest absolute Gasteiger partial charge is 0.291 e. The molecule has 0 fully saturated rings. The SMILES string of the molecule is C=C[C@@H](CC=C(SC)SC)[C@H](CC)N(Cc1ccccc1)Cc1ccccc1. The van der Waals surface area contributed by atoms with Gasteiger partial charge in [0, 0.05) is 23.4 Å². The van der Waals surface area contributed by atoms with E-state index in [2.05, 4.69) is 104 Å². The normalized spacial score (nSPS) is 13.1. The standard InChI is InChI=1S/C25H33NS2/c1-5-23(17-18-25(27-3)28-4)24(6-2)26(19-21-13-9-7-10-14-21)20-22-15-11-8-12-16-22/h5,7-16,18,23-24H,1,6,17,19-20H2,2-4H3/t23-,24-/m0/s1. The minimum atomic E-state index is 0.437. The molecule has 0 aromatic heterocycles. The average Bonchev–Trinajstić information content (AvgIpc) is 2.75. The van der Waals surface area contributed by atoms with Gasteiger partial charge in [0.05, 0.1) is 0 Å². The maximum Gasteiger partial charge on any atom is 0.0355 e. The van der Waals surface area contributed by atoms with Crippen molar-refractivity contribution >= 4 is 23.5 Å². The van der Waals surface area contributed by atoms with E-state index < -0.39 is 0 Å². The van der Waals surface area contributed by atoms with Crippen molar-refractivity contribution in [3.63, 3.8) is 0 Å². The van der Waals surface area contributed by atoms with Gasteiger partial charge in [-0.3, -0.25) is 4.90 Å². The van der Waals surface area contributed by atoms with Gasteiger partial charge in [-0.05, 0) is 42.4 Å². The number of hydrogen-bond donors (Lipinski definition) is 0. The number of hydrogen-bond acceptors (Lipinski definition) is 3. The first-order chi connectivity index (χ1) is 13.7. The Morgan fingerprint density at radius 1 is 0.929 bits per heavy atom. The van der Waals surface area contributed by atoms with E-state index in [1.165, 1.54) is 15.4 Å². The fourth-order valence-corrected chi connectivity index (χ4v) is 4.84. The molecule has 0 aliphatic carbocycles. The van der Waals surface area contributed by atoms with Crippen molar-refractivity contribution in [2.75, 3.05) is 12.5 Å². The molecule has 0 aliphatic rings. The predicted molar refractivity (Wildman–Crippen MR) is 130 cm³/mol. The van der Waals surface area contributed by atoms with Crippen molar-refractivity contribution in [3.8, 4) is 0 Å². The van der Waals surface area contributed by atoms with Gasteiger partial charge in [-0.2, -0.15) is 0 Å². The molecule has 0 bridgehead atoms. The number of allylic oxidation sites excluding steroid dienone is 1. The van der Waals surface area contributed by atoms with Crippen LogP contribution in [0.25, 0.3) is 0 Å². The molecule has 0 spiro atoms. The molecule has 28 heavy (non-hydrogen) atoms. The van der Waals surface area contributed by atoms with Crippen LogP contribution in [0.15, 0.2) is 83.6 Å². The first-order valence-electron chi connectivity index (χ1n) is 9.94. The van der Waals surface area contributed by atoms with E-state index >= 15 is 0 Å². The summed E-state index contributed by atoms with van der Waals surface area (Å²) in [5, 5.41) is 0. The summed E-state index contributed by atoms with van der Waals surface area (Å²) in [5.74, 6) is 0.437. The number of benzene rings is 2. The Bertz CT molecular complexity index is 664. The second-order valence-corrected chi connectivity index (χ2v) is 8.87. The van der Waals surface area contributed by atoms with E-state index in [1.807, 2.05) is 23.5 Å². The minimum absolute atomic E-state index is 0.437. The zero-order valence-electron chi connectivity index (χ0n) is 17.4. The Balaban J connectivity index is 2.25. The first kappa shape index (κ1) is 22.9. The average molecular weight is 412 g/mol. The highest BCUT2D eigenvalue weighted by molar-refractivity contribution is 8.21. The van der Waals surface area contributed by atoms with Gasteiger partial charge >= 0.3 is 0 Å². The van der Waals surface area contributed by atoms with Crippen LogP contribution in [-0.2, 0) is 13.1 Å². The minimum Gasteiger partial charge on any atom is -0.291 e. The molecule has 2 atom stereocenters. The number of nitrogens with zero attached hydrogens (tertiary/aromatic N) is 1. The zero-order valence-corrected chi connectivity index (χ0v) is 19.0. The highest BCUT2D eigenvalue weighted by Crippen LogP contribution is 2.29. The van der Waals surface area contributed by atoms with Gasteiger partial charge < -0.3 is 0 Å². The molecular formula is C25H33NS2. The lowest BCUT2D eigenvalue weighted by Crippen LogP contribution is -2.38. The summed E-state index contributed by atoms with van der Waals surface area (Å²) in [6.45, 7) is 8.41. The monoisotopic (exact) mass is 411 g/mol. The van der Waals surface area contributed by atoms with Crippen LogP contribution < -0.4 is 0 Å². The quantitative estimate of drug-likeness (QED) is 0.339.